The van der Waals surface area contributed by atoms with Crippen molar-refractivity contribution in [2.75, 3.05) is 13.1 Å². The van der Waals surface area contributed by atoms with Gasteiger partial charge in [-0.3, -0.25) is 4.79 Å². The second kappa shape index (κ2) is 5.19. The Balaban J connectivity index is 2.41. The van der Waals surface area contributed by atoms with E-state index in [4.69, 9.17) is 10.4 Å². The Hall–Kier alpha value is -1.98. The fraction of sp³-hybridized carbons (Fsp3) is 0.333. The standard InChI is InChI=1S/C12H11FN2O4S/c13-10-2-1-3-11(9(10)6-14)20(18,19)15-5-4-8(7-15)12(16)17/h1-3,8H,4-5,7H2,(H,16,17). The van der Waals surface area contributed by atoms with Crippen LogP contribution in [0.5, 0.6) is 0 Å². The topological polar surface area (TPSA) is 98.5 Å². The summed E-state index contributed by atoms with van der Waals surface area (Å²) in [5.74, 6) is -2.76. The number of nitrogens with zero attached hydrogens (tertiary/aromatic N) is 2. The molecule has 1 aromatic rings. The lowest BCUT2D eigenvalue weighted by atomic mass is 10.1. The van der Waals surface area contributed by atoms with Gasteiger partial charge in [0.05, 0.1) is 5.92 Å². The Morgan fingerprint density at radius 3 is 2.75 bits per heavy atom. The maximum atomic E-state index is 13.5. The Bertz CT molecular complexity index is 696. The smallest absolute Gasteiger partial charge is 0.307 e. The number of nitriles is 1. The number of hydrogen-bond acceptors (Lipinski definition) is 4. The molecule has 1 unspecified atom stereocenters. The summed E-state index contributed by atoms with van der Waals surface area (Å²) in [4.78, 5) is 10.4. The van der Waals surface area contributed by atoms with E-state index in [2.05, 4.69) is 0 Å². The zero-order chi connectivity index (χ0) is 14.9. The first-order valence-electron chi connectivity index (χ1n) is 5.79. The third kappa shape index (κ3) is 2.37. The second-order valence-electron chi connectivity index (χ2n) is 4.41. The molecular weight excluding hydrogens is 287 g/mol. The molecule has 8 heteroatoms. The van der Waals surface area contributed by atoms with E-state index in [0.717, 1.165) is 16.4 Å². The van der Waals surface area contributed by atoms with Crippen LogP contribution in [0.3, 0.4) is 0 Å². The molecule has 20 heavy (non-hydrogen) atoms. The van der Waals surface area contributed by atoms with Crippen molar-refractivity contribution in [3.05, 3.63) is 29.6 Å². The molecule has 1 heterocycles. The summed E-state index contributed by atoms with van der Waals surface area (Å²) in [5, 5.41) is 17.8. The van der Waals surface area contributed by atoms with E-state index in [-0.39, 0.29) is 19.5 Å². The van der Waals surface area contributed by atoms with Crippen molar-refractivity contribution in [2.24, 2.45) is 5.92 Å². The molecule has 0 bridgehead atoms. The number of hydrogen-bond donors (Lipinski definition) is 1. The van der Waals surface area contributed by atoms with Crippen molar-refractivity contribution < 1.29 is 22.7 Å². The lowest BCUT2D eigenvalue weighted by Gasteiger charge is -2.16. The van der Waals surface area contributed by atoms with Gasteiger partial charge in [-0.15, -0.1) is 0 Å². The highest BCUT2D eigenvalue weighted by atomic mass is 32.2. The zero-order valence-corrected chi connectivity index (χ0v) is 11.1. The summed E-state index contributed by atoms with van der Waals surface area (Å²) in [7, 11) is -4.06. The molecule has 0 radical (unpaired) electrons. The van der Waals surface area contributed by atoms with Gasteiger partial charge >= 0.3 is 5.97 Å². The van der Waals surface area contributed by atoms with E-state index in [1.54, 1.807) is 0 Å². The number of aliphatic carboxylic acids is 1. The molecule has 0 aliphatic carbocycles. The molecule has 0 saturated carbocycles. The fourth-order valence-corrected chi connectivity index (χ4v) is 3.77. The molecule has 1 aliphatic heterocycles. The van der Waals surface area contributed by atoms with Crippen LogP contribution in [-0.2, 0) is 14.8 Å². The van der Waals surface area contributed by atoms with Gasteiger partial charge < -0.3 is 5.11 Å². The van der Waals surface area contributed by atoms with Gasteiger partial charge in [0.2, 0.25) is 10.0 Å². The average molecular weight is 298 g/mol. The number of carboxylic acid groups (broad SMARTS) is 1. The lowest BCUT2D eigenvalue weighted by molar-refractivity contribution is -0.141. The van der Waals surface area contributed by atoms with Gasteiger partial charge in [-0.1, -0.05) is 6.07 Å². The van der Waals surface area contributed by atoms with Crippen molar-refractivity contribution in [1.82, 2.24) is 4.31 Å². The largest absolute Gasteiger partial charge is 0.481 e. The van der Waals surface area contributed by atoms with Crippen LogP contribution in [0.2, 0.25) is 0 Å². The number of carboxylic acids is 1. The monoisotopic (exact) mass is 298 g/mol. The summed E-state index contributed by atoms with van der Waals surface area (Å²) in [6.45, 7) is -0.125. The molecule has 1 saturated heterocycles. The Morgan fingerprint density at radius 1 is 1.50 bits per heavy atom. The maximum Gasteiger partial charge on any atom is 0.307 e. The van der Waals surface area contributed by atoms with Crippen molar-refractivity contribution in [3.8, 4) is 6.07 Å². The molecule has 106 valence electrons. The SMILES string of the molecule is N#Cc1c(F)cccc1S(=O)(=O)N1CCC(C(=O)O)C1. The summed E-state index contributed by atoms with van der Waals surface area (Å²) in [6, 6.07) is 4.88. The first kappa shape index (κ1) is 14.4. The van der Waals surface area contributed by atoms with E-state index < -0.39 is 38.2 Å². The Kier molecular flexibility index (Phi) is 3.74. The van der Waals surface area contributed by atoms with Gasteiger partial charge in [0.25, 0.3) is 0 Å². The number of rotatable bonds is 3. The molecule has 1 N–H and O–H groups in total. The van der Waals surface area contributed by atoms with E-state index >= 15 is 0 Å². The van der Waals surface area contributed by atoms with Crippen LogP contribution in [0.1, 0.15) is 12.0 Å². The van der Waals surface area contributed by atoms with Crippen LogP contribution in [-0.4, -0.2) is 36.9 Å². The second-order valence-corrected chi connectivity index (χ2v) is 6.32. The highest BCUT2D eigenvalue weighted by Crippen LogP contribution is 2.27. The van der Waals surface area contributed by atoms with Crippen LogP contribution >= 0.6 is 0 Å². The van der Waals surface area contributed by atoms with Gasteiger partial charge in [0, 0.05) is 13.1 Å². The molecule has 2 rings (SSSR count). The van der Waals surface area contributed by atoms with E-state index in [9.17, 15) is 17.6 Å². The molecule has 1 aliphatic rings. The van der Waals surface area contributed by atoms with Crippen LogP contribution in [0.25, 0.3) is 0 Å². The number of benzene rings is 1. The number of carbonyl (C=O) groups is 1. The number of sulfonamides is 1. The number of halogens is 1. The van der Waals surface area contributed by atoms with Gasteiger partial charge in [-0.2, -0.15) is 9.57 Å². The fourth-order valence-electron chi connectivity index (χ4n) is 2.11. The predicted molar refractivity (Wildman–Crippen MR) is 65.6 cm³/mol. The first-order chi connectivity index (χ1) is 9.37. The van der Waals surface area contributed by atoms with Crippen molar-refractivity contribution >= 4 is 16.0 Å². The van der Waals surface area contributed by atoms with Crippen molar-refractivity contribution in [3.63, 3.8) is 0 Å². The predicted octanol–water partition coefficient (Wildman–Crippen LogP) is 0.793. The van der Waals surface area contributed by atoms with Crippen molar-refractivity contribution in [1.29, 1.82) is 5.26 Å². The van der Waals surface area contributed by atoms with Crippen LogP contribution in [0.4, 0.5) is 4.39 Å². The minimum Gasteiger partial charge on any atom is -0.481 e. The molecule has 0 aromatic heterocycles. The Morgan fingerprint density at radius 2 is 2.20 bits per heavy atom. The minimum atomic E-state index is -4.06. The molecule has 1 atom stereocenters. The van der Waals surface area contributed by atoms with E-state index in [1.807, 2.05) is 0 Å². The van der Waals surface area contributed by atoms with Gasteiger partial charge in [0.1, 0.15) is 22.3 Å². The van der Waals surface area contributed by atoms with Crippen LogP contribution in [0.15, 0.2) is 23.1 Å². The van der Waals surface area contributed by atoms with Crippen LogP contribution in [0, 0.1) is 23.1 Å². The highest BCUT2D eigenvalue weighted by molar-refractivity contribution is 7.89. The van der Waals surface area contributed by atoms with E-state index in [0.29, 0.717) is 0 Å². The summed E-state index contributed by atoms with van der Waals surface area (Å²) >= 11 is 0. The molecular formula is C12H11FN2O4S. The quantitative estimate of drug-likeness (QED) is 0.889. The van der Waals surface area contributed by atoms with E-state index in [1.165, 1.54) is 12.1 Å². The molecule has 1 fully saturated rings. The maximum absolute atomic E-state index is 13.5. The summed E-state index contributed by atoms with van der Waals surface area (Å²) < 4.78 is 39.1. The minimum absolute atomic E-state index is 0.0423. The zero-order valence-electron chi connectivity index (χ0n) is 10.3. The van der Waals surface area contributed by atoms with Gasteiger partial charge in [0.15, 0.2) is 0 Å². The molecule has 6 nitrogen and oxygen atoms in total. The van der Waals surface area contributed by atoms with Gasteiger partial charge in [-0.25, -0.2) is 12.8 Å². The van der Waals surface area contributed by atoms with Crippen LogP contribution < -0.4 is 0 Å². The third-order valence-corrected chi connectivity index (χ3v) is 5.11. The van der Waals surface area contributed by atoms with Crippen molar-refractivity contribution in [2.45, 2.75) is 11.3 Å². The average Bonchev–Trinajstić information content (AvgIpc) is 2.88. The first-order valence-corrected chi connectivity index (χ1v) is 7.23. The molecule has 0 spiro atoms. The molecule has 0 amide bonds. The Labute approximate surface area is 115 Å². The third-order valence-electron chi connectivity index (χ3n) is 3.21. The summed E-state index contributed by atoms with van der Waals surface area (Å²) in [6.07, 6.45) is 0.200. The van der Waals surface area contributed by atoms with Gasteiger partial charge in [-0.05, 0) is 18.6 Å². The molecule has 1 aromatic carbocycles. The lowest BCUT2D eigenvalue weighted by Crippen LogP contribution is -2.30. The normalized spacial score (nSPS) is 19.7. The summed E-state index contributed by atoms with van der Waals surface area (Å²) in [5.41, 5.74) is -0.550. The highest BCUT2D eigenvalue weighted by Gasteiger charge is 2.37.